The molecule has 106 valence electrons. The first-order chi connectivity index (χ1) is 9.06. The fourth-order valence-corrected chi connectivity index (χ4v) is 3.25. The van der Waals surface area contributed by atoms with Gasteiger partial charge in [0.1, 0.15) is 0 Å². The molecule has 1 aliphatic heterocycles. The number of nitrogens with two attached hydrogens (primary N) is 1. The van der Waals surface area contributed by atoms with Crippen LogP contribution in [-0.4, -0.2) is 23.5 Å². The van der Waals surface area contributed by atoms with Crippen LogP contribution in [0.2, 0.25) is 0 Å². The van der Waals surface area contributed by atoms with Crippen molar-refractivity contribution in [3.8, 4) is 0 Å². The standard InChI is InChI=1S/C15H22F2N2/c1-10-5-3-6-12(9-18)19(10)11(2)13-7-4-8-14(16)15(13)17/h4,7-8,10-12H,3,5-6,9,18H2,1-2H3. The number of benzene rings is 1. The van der Waals surface area contributed by atoms with E-state index in [1.54, 1.807) is 12.1 Å². The molecule has 1 heterocycles. The summed E-state index contributed by atoms with van der Waals surface area (Å²) in [5, 5.41) is 0. The summed E-state index contributed by atoms with van der Waals surface area (Å²) in [5.41, 5.74) is 6.25. The molecule has 1 aromatic carbocycles. The maximum atomic E-state index is 13.9. The van der Waals surface area contributed by atoms with E-state index in [0.717, 1.165) is 25.3 Å². The summed E-state index contributed by atoms with van der Waals surface area (Å²) in [6.07, 6.45) is 3.26. The minimum Gasteiger partial charge on any atom is -0.329 e. The van der Waals surface area contributed by atoms with Gasteiger partial charge < -0.3 is 5.73 Å². The summed E-state index contributed by atoms with van der Waals surface area (Å²) < 4.78 is 27.3. The summed E-state index contributed by atoms with van der Waals surface area (Å²) in [6, 6.07) is 4.83. The SMILES string of the molecule is CC1CCCC(CN)N1C(C)c1cccc(F)c1F. The van der Waals surface area contributed by atoms with E-state index in [0.29, 0.717) is 18.2 Å². The molecule has 0 radical (unpaired) electrons. The second-order valence-electron chi connectivity index (χ2n) is 5.44. The minimum absolute atomic E-state index is 0.153. The molecule has 0 spiro atoms. The van der Waals surface area contributed by atoms with Gasteiger partial charge >= 0.3 is 0 Å². The van der Waals surface area contributed by atoms with Gasteiger partial charge in [0, 0.05) is 30.2 Å². The van der Waals surface area contributed by atoms with E-state index >= 15 is 0 Å². The van der Waals surface area contributed by atoms with Crippen LogP contribution < -0.4 is 5.73 Å². The van der Waals surface area contributed by atoms with Crippen molar-refractivity contribution in [3.05, 3.63) is 35.4 Å². The third kappa shape index (κ3) is 2.79. The molecule has 1 aliphatic rings. The van der Waals surface area contributed by atoms with Gasteiger partial charge in [-0.2, -0.15) is 0 Å². The highest BCUT2D eigenvalue weighted by molar-refractivity contribution is 5.22. The Labute approximate surface area is 113 Å². The molecular formula is C15H22F2N2. The van der Waals surface area contributed by atoms with Gasteiger partial charge in [0.2, 0.25) is 0 Å². The fraction of sp³-hybridized carbons (Fsp3) is 0.600. The Balaban J connectivity index is 2.30. The number of hydrogen-bond acceptors (Lipinski definition) is 2. The van der Waals surface area contributed by atoms with Crippen LogP contribution in [0, 0.1) is 11.6 Å². The topological polar surface area (TPSA) is 29.3 Å². The number of likely N-dealkylation sites (tertiary alicyclic amines) is 1. The van der Waals surface area contributed by atoms with Crippen LogP contribution >= 0.6 is 0 Å². The Hall–Kier alpha value is -1.00. The molecule has 0 aliphatic carbocycles. The molecule has 4 heteroatoms. The molecule has 0 aromatic heterocycles. The third-order valence-electron chi connectivity index (χ3n) is 4.24. The summed E-state index contributed by atoms with van der Waals surface area (Å²) in [7, 11) is 0. The Morgan fingerprint density at radius 2 is 2.11 bits per heavy atom. The van der Waals surface area contributed by atoms with Crippen molar-refractivity contribution in [1.82, 2.24) is 4.90 Å². The van der Waals surface area contributed by atoms with Crippen LogP contribution in [0.5, 0.6) is 0 Å². The maximum absolute atomic E-state index is 13.9. The first-order valence-corrected chi connectivity index (χ1v) is 6.97. The normalized spacial score (nSPS) is 26.4. The zero-order valence-electron chi connectivity index (χ0n) is 11.6. The lowest BCUT2D eigenvalue weighted by atomic mass is 9.92. The molecule has 0 bridgehead atoms. The van der Waals surface area contributed by atoms with Crippen LogP contribution in [0.3, 0.4) is 0 Å². The van der Waals surface area contributed by atoms with Gasteiger partial charge in [-0.05, 0) is 32.8 Å². The number of rotatable bonds is 3. The van der Waals surface area contributed by atoms with Gasteiger partial charge in [-0.3, -0.25) is 4.90 Å². The van der Waals surface area contributed by atoms with E-state index in [4.69, 9.17) is 5.73 Å². The van der Waals surface area contributed by atoms with E-state index in [1.165, 1.54) is 0 Å². The van der Waals surface area contributed by atoms with E-state index in [-0.39, 0.29) is 12.1 Å². The lowest BCUT2D eigenvalue weighted by molar-refractivity contribution is 0.0552. The minimum atomic E-state index is -0.779. The monoisotopic (exact) mass is 268 g/mol. The Bertz CT molecular complexity index is 436. The Morgan fingerprint density at radius 1 is 1.37 bits per heavy atom. The maximum Gasteiger partial charge on any atom is 0.163 e. The Kier molecular flexibility index (Phi) is 4.53. The molecule has 0 saturated carbocycles. The highest BCUT2D eigenvalue weighted by Gasteiger charge is 2.32. The molecular weight excluding hydrogens is 246 g/mol. The van der Waals surface area contributed by atoms with Gasteiger partial charge in [0.25, 0.3) is 0 Å². The molecule has 19 heavy (non-hydrogen) atoms. The van der Waals surface area contributed by atoms with Gasteiger partial charge in [-0.25, -0.2) is 8.78 Å². The second-order valence-corrected chi connectivity index (χ2v) is 5.44. The fourth-order valence-electron chi connectivity index (χ4n) is 3.25. The van der Waals surface area contributed by atoms with Crippen molar-refractivity contribution in [2.45, 2.75) is 51.2 Å². The smallest absolute Gasteiger partial charge is 0.163 e. The van der Waals surface area contributed by atoms with Gasteiger partial charge in [0.15, 0.2) is 11.6 Å². The molecule has 3 atom stereocenters. The zero-order valence-corrected chi connectivity index (χ0v) is 11.6. The number of nitrogens with zero attached hydrogens (tertiary/aromatic N) is 1. The molecule has 2 rings (SSSR count). The van der Waals surface area contributed by atoms with Crippen LogP contribution in [0.1, 0.15) is 44.7 Å². The summed E-state index contributed by atoms with van der Waals surface area (Å²) >= 11 is 0. The van der Waals surface area contributed by atoms with E-state index in [1.807, 2.05) is 6.92 Å². The van der Waals surface area contributed by atoms with Gasteiger partial charge in [-0.1, -0.05) is 18.6 Å². The van der Waals surface area contributed by atoms with Crippen LogP contribution in [0.15, 0.2) is 18.2 Å². The zero-order chi connectivity index (χ0) is 14.0. The van der Waals surface area contributed by atoms with Crippen LogP contribution in [0.25, 0.3) is 0 Å². The molecule has 0 amide bonds. The lowest BCUT2D eigenvalue weighted by Gasteiger charge is -2.44. The van der Waals surface area contributed by atoms with Crippen molar-refractivity contribution in [3.63, 3.8) is 0 Å². The highest BCUT2D eigenvalue weighted by atomic mass is 19.2. The van der Waals surface area contributed by atoms with Gasteiger partial charge in [0.05, 0.1) is 0 Å². The molecule has 1 aromatic rings. The second kappa shape index (κ2) is 5.97. The van der Waals surface area contributed by atoms with E-state index in [9.17, 15) is 8.78 Å². The van der Waals surface area contributed by atoms with E-state index < -0.39 is 11.6 Å². The van der Waals surface area contributed by atoms with Crippen molar-refractivity contribution in [1.29, 1.82) is 0 Å². The number of halogens is 2. The molecule has 2 N–H and O–H groups in total. The van der Waals surface area contributed by atoms with Crippen molar-refractivity contribution in [2.24, 2.45) is 5.73 Å². The molecule has 2 nitrogen and oxygen atoms in total. The summed E-state index contributed by atoms with van der Waals surface area (Å²) in [6.45, 7) is 4.63. The first kappa shape index (κ1) is 14.4. The van der Waals surface area contributed by atoms with E-state index in [2.05, 4.69) is 11.8 Å². The molecule has 3 unspecified atom stereocenters. The summed E-state index contributed by atoms with van der Waals surface area (Å²) in [4.78, 5) is 2.24. The quantitative estimate of drug-likeness (QED) is 0.912. The highest BCUT2D eigenvalue weighted by Crippen LogP contribution is 2.33. The largest absolute Gasteiger partial charge is 0.329 e. The number of piperidine rings is 1. The predicted octanol–water partition coefficient (Wildman–Crippen LogP) is 3.23. The van der Waals surface area contributed by atoms with Crippen molar-refractivity contribution >= 4 is 0 Å². The molecule has 1 fully saturated rings. The van der Waals surface area contributed by atoms with Crippen molar-refractivity contribution < 1.29 is 8.78 Å². The predicted molar refractivity (Wildman–Crippen MR) is 72.8 cm³/mol. The van der Waals surface area contributed by atoms with Crippen LogP contribution in [0.4, 0.5) is 8.78 Å². The van der Waals surface area contributed by atoms with Gasteiger partial charge in [-0.15, -0.1) is 0 Å². The summed E-state index contributed by atoms with van der Waals surface area (Å²) in [5.74, 6) is -1.51. The first-order valence-electron chi connectivity index (χ1n) is 6.97. The average molecular weight is 268 g/mol. The Morgan fingerprint density at radius 3 is 2.79 bits per heavy atom. The third-order valence-corrected chi connectivity index (χ3v) is 4.24. The number of hydrogen-bond donors (Lipinski definition) is 1. The van der Waals surface area contributed by atoms with Crippen LogP contribution in [-0.2, 0) is 0 Å². The molecule has 1 saturated heterocycles. The van der Waals surface area contributed by atoms with Crippen molar-refractivity contribution in [2.75, 3.05) is 6.54 Å². The average Bonchev–Trinajstić information content (AvgIpc) is 2.40. The lowest BCUT2D eigenvalue weighted by Crippen LogP contribution is -2.49.